The summed E-state index contributed by atoms with van der Waals surface area (Å²) in [5.41, 5.74) is -3.07. The lowest BCUT2D eigenvalue weighted by Gasteiger charge is -2.29. The molecule has 0 radical (unpaired) electrons. The second kappa shape index (κ2) is 9.33. The average Bonchev–Trinajstić information content (AvgIpc) is 3.19. The first-order valence-corrected chi connectivity index (χ1v) is 9.43. The molecule has 0 bridgehead atoms. The van der Waals surface area contributed by atoms with Crippen LogP contribution in [0.25, 0.3) is 0 Å². The zero-order chi connectivity index (χ0) is 39.8. The van der Waals surface area contributed by atoms with Crippen molar-refractivity contribution in [2.75, 3.05) is 31.4 Å². The molecule has 2 aromatic carbocycles. The fourth-order valence-corrected chi connectivity index (χ4v) is 3.10. The summed E-state index contributed by atoms with van der Waals surface area (Å²) >= 11 is 0. The predicted octanol–water partition coefficient (Wildman–Crippen LogP) is 1.89. The maximum Gasteiger partial charge on any atom is 0.255 e. The van der Waals surface area contributed by atoms with E-state index in [1.165, 1.54) is 5.32 Å². The van der Waals surface area contributed by atoms with Gasteiger partial charge in [-0.1, -0.05) is 30.3 Å². The number of carbonyl (C=O) groups excluding carboxylic acids is 3. The van der Waals surface area contributed by atoms with Gasteiger partial charge in [-0.05, 0) is 29.6 Å². The number of rotatable bonds is 6. The zero-order valence-corrected chi connectivity index (χ0v) is 16.6. The van der Waals surface area contributed by atoms with Crippen molar-refractivity contribution in [3.63, 3.8) is 0 Å². The Kier molecular flexibility index (Phi) is 2.50. The molecule has 0 aromatic heterocycles. The molecule has 33 heavy (non-hydrogen) atoms. The molecule has 0 spiro atoms. The van der Waals surface area contributed by atoms with Gasteiger partial charge < -0.3 is 15.0 Å². The van der Waals surface area contributed by atoms with Crippen molar-refractivity contribution in [2.45, 2.75) is 38.3 Å². The Morgan fingerprint density at radius 3 is 2.79 bits per heavy atom. The van der Waals surface area contributed by atoms with E-state index >= 15 is 0 Å². The van der Waals surface area contributed by atoms with E-state index in [4.69, 9.17) is 26.0 Å². The number of nitrogens with zero attached hydrogens (tertiary/aromatic N) is 2. The van der Waals surface area contributed by atoms with Crippen molar-refractivity contribution in [1.82, 2.24) is 15.1 Å². The number of carbonyl (C=O) groups is 3. The first-order chi connectivity index (χ1) is 23.2. The third-order valence-electron chi connectivity index (χ3n) is 4.54. The van der Waals surface area contributed by atoms with Crippen molar-refractivity contribution >= 4 is 23.4 Å². The number of anilines is 1. The Morgan fingerprint density at radius 2 is 1.94 bits per heavy atom. The molecule has 5 rings (SSSR count). The lowest BCUT2D eigenvalue weighted by atomic mass is 10.0. The summed E-state index contributed by atoms with van der Waals surface area (Å²) < 4.78 is 163. The molecule has 2 saturated heterocycles. The molecule has 2 fully saturated rings. The second-order valence-electron chi connectivity index (χ2n) is 6.67. The van der Waals surface area contributed by atoms with Gasteiger partial charge in [-0.3, -0.25) is 24.6 Å². The van der Waals surface area contributed by atoms with E-state index in [1.807, 2.05) is 0 Å². The zero-order valence-electron chi connectivity index (χ0n) is 35.6. The van der Waals surface area contributed by atoms with Gasteiger partial charge in [0.2, 0.25) is 11.8 Å². The molecule has 1 atom stereocenters. The average molecular weight is 468 g/mol. The largest absolute Gasteiger partial charge is 0.381 e. The normalized spacial score (nSPS) is 43.5. The summed E-state index contributed by atoms with van der Waals surface area (Å²) in [6, 6.07) is 3.32. The fourth-order valence-electron chi connectivity index (χ4n) is 3.10. The number of morpholine rings is 1. The van der Waals surface area contributed by atoms with Gasteiger partial charge in [0.1, 0.15) is 6.02 Å². The number of hydrogen-bond acceptors (Lipinski definition) is 6. The summed E-state index contributed by atoms with van der Waals surface area (Å²) in [6.45, 7) is -24.2. The second-order valence-corrected chi connectivity index (χ2v) is 6.67. The van der Waals surface area contributed by atoms with Crippen LogP contribution in [-0.4, -0.2) is 59.7 Å². The third kappa shape index (κ3) is 4.62. The lowest BCUT2D eigenvalue weighted by Crippen LogP contribution is -2.52. The number of imide groups is 1. The molecule has 2 aromatic rings. The van der Waals surface area contributed by atoms with Gasteiger partial charge >= 0.3 is 0 Å². The maximum atomic E-state index is 13.7. The minimum atomic E-state index is -3.84. The topological polar surface area (TPSA) is 91.0 Å². The standard InChI is InChI=1S/C25H28N4O4/c30-23-8-7-22(24(31)27-23)29-16-20-19(25(29)32)5-2-6-21(20)26-14-17-3-1-4-18(13-17)15-28-9-11-33-12-10-28/h1-6,13,22,26H,7-12,14-16H2,(H,27,30,31)/i7D2,8D2,9D2,10D2,11D2,12D2,14D2,15D2,16D2,22D. The van der Waals surface area contributed by atoms with Gasteiger partial charge in [0.15, 0.2) is 0 Å². The monoisotopic (exact) mass is 467 g/mol. The molecule has 3 amide bonds. The van der Waals surface area contributed by atoms with E-state index in [-0.39, 0.29) is 9.80 Å². The van der Waals surface area contributed by atoms with E-state index in [0.29, 0.717) is 0 Å². The van der Waals surface area contributed by atoms with E-state index < -0.39 is 110 Å². The number of piperidine rings is 1. The van der Waals surface area contributed by atoms with E-state index in [9.17, 15) is 14.4 Å². The van der Waals surface area contributed by atoms with Crippen LogP contribution in [0.2, 0.25) is 0 Å². The highest BCUT2D eigenvalue weighted by molar-refractivity contribution is 6.06. The molecule has 0 aliphatic carbocycles. The summed E-state index contributed by atoms with van der Waals surface area (Å²) in [6.07, 6.45) is -7.45. The van der Waals surface area contributed by atoms with Gasteiger partial charge in [0.25, 0.3) is 5.91 Å². The maximum absolute atomic E-state index is 13.7. The third-order valence-corrected chi connectivity index (χ3v) is 4.54. The molecule has 3 aliphatic rings. The first-order valence-electron chi connectivity index (χ1n) is 18.9. The minimum absolute atomic E-state index is 0.193. The fraction of sp³-hybridized carbons (Fsp3) is 0.400. The van der Waals surface area contributed by atoms with Gasteiger partial charge in [0.05, 0.1) is 25.5 Å². The molecule has 8 heteroatoms. The number of nitrogens with one attached hydrogen (secondary N) is 2. The molecular weight excluding hydrogens is 420 g/mol. The smallest absolute Gasteiger partial charge is 0.255 e. The quantitative estimate of drug-likeness (QED) is 0.631. The molecule has 172 valence electrons. The molecule has 8 nitrogen and oxygen atoms in total. The Bertz CT molecular complexity index is 1860. The van der Waals surface area contributed by atoms with E-state index in [0.717, 1.165) is 42.5 Å². The number of amides is 3. The highest BCUT2D eigenvalue weighted by Crippen LogP contribution is 2.32. The molecule has 1 unspecified atom stereocenters. The van der Waals surface area contributed by atoms with Crippen LogP contribution < -0.4 is 10.6 Å². The summed E-state index contributed by atoms with van der Waals surface area (Å²) in [7, 11) is 0. The highest BCUT2D eigenvalue weighted by atomic mass is 16.5. The number of benzene rings is 2. The summed E-state index contributed by atoms with van der Waals surface area (Å²) in [5.74, 6) is -5.11. The van der Waals surface area contributed by atoms with Gasteiger partial charge in [0, 0.05) is 69.4 Å². The molecule has 2 N–H and O–H groups in total. The van der Waals surface area contributed by atoms with Crippen LogP contribution in [0.4, 0.5) is 5.69 Å². The molecule has 3 aliphatic heterocycles. The van der Waals surface area contributed by atoms with Crippen LogP contribution in [0.3, 0.4) is 0 Å². The first kappa shape index (κ1) is 8.85. The lowest BCUT2D eigenvalue weighted by molar-refractivity contribution is -0.136. The summed E-state index contributed by atoms with van der Waals surface area (Å²) in [4.78, 5) is 38.3. The van der Waals surface area contributed by atoms with Crippen LogP contribution >= 0.6 is 0 Å². The van der Waals surface area contributed by atoms with E-state index in [2.05, 4.69) is 10.1 Å². The van der Waals surface area contributed by atoms with Crippen molar-refractivity contribution in [3.05, 3.63) is 64.7 Å². The minimum Gasteiger partial charge on any atom is -0.381 e. The van der Waals surface area contributed by atoms with Crippen LogP contribution in [0.5, 0.6) is 0 Å². The Labute approximate surface area is 219 Å². The molecular formula is C25H28N4O4. The van der Waals surface area contributed by atoms with Gasteiger partial charge in [-0.2, -0.15) is 0 Å². The highest BCUT2D eigenvalue weighted by Gasteiger charge is 2.39. The predicted molar refractivity (Wildman–Crippen MR) is 122 cm³/mol. The van der Waals surface area contributed by atoms with Gasteiger partial charge in [-0.25, -0.2) is 0 Å². The van der Waals surface area contributed by atoms with Crippen molar-refractivity contribution in [2.24, 2.45) is 0 Å². The SMILES string of the molecule is [2H]C([2H])(Nc1cccc2c1C([2H])([2H])N(C1([2H])C(=O)NC(=O)C([2H])([2H])C1([2H])[2H])C2=O)c1cccc(C([2H])([2H])N2C([2H])([2H])C([2H])([2H])OC([2H])([2H])C2([2H])[2H])c1. The Hall–Kier alpha value is -3.23. The number of fused-ring (bicyclic) bond motifs is 1. The van der Waals surface area contributed by atoms with Crippen LogP contribution in [-0.2, 0) is 33.8 Å². The molecule has 3 heterocycles. The number of hydrogen-bond donors (Lipinski definition) is 2. The number of ether oxygens (including phenoxy) is 1. The summed E-state index contributed by atoms with van der Waals surface area (Å²) in [5, 5.41) is 3.79. The Morgan fingerprint density at radius 1 is 1.15 bits per heavy atom. The molecule has 0 saturated carbocycles. The van der Waals surface area contributed by atoms with Crippen molar-refractivity contribution in [3.8, 4) is 0 Å². The van der Waals surface area contributed by atoms with Crippen LogP contribution in [0, 0.1) is 0 Å². The van der Waals surface area contributed by atoms with Crippen molar-refractivity contribution < 1.29 is 45.2 Å². The van der Waals surface area contributed by atoms with Crippen LogP contribution in [0.15, 0.2) is 42.5 Å². The van der Waals surface area contributed by atoms with Crippen molar-refractivity contribution in [1.29, 1.82) is 0 Å². The van der Waals surface area contributed by atoms with Gasteiger partial charge in [-0.15, -0.1) is 0 Å². The Balaban J connectivity index is 1.57. The van der Waals surface area contributed by atoms with Crippen LogP contribution in [0.1, 0.15) is 65.8 Å². The van der Waals surface area contributed by atoms with E-state index in [1.54, 1.807) is 0 Å².